The summed E-state index contributed by atoms with van der Waals surface area (Å²) in [5.74, 6) is 0.436. The van der Waals surface area contributed by atoms with Crippen LogP contribution in [0.5, 0.6) is 0 Å². The van der Waals surface area contributed by atoms with Crippen molar-refractivity contribution in [1.29, 1.82) is 0 Å². The molecule has 0 saturated carbocycles. The summed E-state index contributed by atoms with van der Waals surface area (Å²) >= 11 is 0. The van der Waals surface area contributed by atoms with Gasteiger partial charge in [0, 0.05) is 6.42 Å². The summed E-state index contributed by atoms with van der Waals surface area (Å²) in [5, 5.41) is 13.2. The van der Waals surface area contributed by atoms with E-state index in [9.17, 15) is 4.39 Å². The third kappa shape index (κ3) is 1.87. The Balaban J connectivity index is 2.15. The van der Waals surface area contributed by atoms with Crippen molar-refractivity contribution in [3.8, 4) is 0 Å². The lowest BCUT2D eigenvalue weighted by Crippen LogP contribution is -1.90. The Morgan fingerprint density at radius 1 is 1.23 bits per heavy atom. The van der Waals surface area contributed by atoms with Gasteiger partial charge in [-0.25, -0.2) is 9.49 Å². The molecule has 0 spiro atoms. The van der Waals surface area contributed by atoms with Crippen LogP contribution in [0.15, 0.2) is 24.3 Å². The molecule has 2 rings (SSSR count). The van der Waals surface area contributed by atoms with Crippen molar-refractivity contribution < 1.29 is 4.39 Å². The maximum absolute atomic E-state index is 12.5. The average Bonchev–Trinajstić information content (AvgIpc) is 2.62. The molecule has 1 heterocycles. The van der Waals surface area contributed by atoms with Crippen molar-refractivity contribution in [2.24, 2.45) is 0 Å². The highest BCUT2D eigenvalue weighted by molar-refractivity contribution is 5.19. The van der Waals surface area contributed by atoms with Crippen LogP contribution in [0.3, 0.4) is 0 Å². The second kappa shape index (κ2) is 3.30. The van der Waals surface area contributed by atoms with Gasteiger partial charge in [0.05, 0.1) is 0 Å². The van der Waals surface area contributed by atoms with Gasteiger partial charge in [-0.15, -0.1) is 5.10 Å². The molecular weight excluding hydrogens is 171 g/mol. The number of aromatic nitrogens is 4. The third-order valence-corrected chi connectivity index (χ3v) is 1.67. The molecule has 5 heteroatoms. The van der Waals surface area contributed by atoms with Crippen LogP contribution in [0.4, 0.5) is 4.39 Å². The highest BCUT2D eigenvalue weighted by Crippen LogP contribution is 2.05. The molecule has 2 aromatic rings. The Bertz CT molecular complexity index is 368. The first kappa shape index (κ1) is 7.85. The second-order valence-electron chi connectivity index (χ2n) is 2.65. The maximum atomic E-state index is 12.5. The van der Waals surface area contributed by atoms with Crippen LogP contribution in [-0.2, 0) is 6.42 Å². The van der Waals surface area contributed by atoms with E-state index < -0.39 is 0 Å². The summed E-state index contributed by atoms with van der Waals surface area (Å²) in [6, 6.07) is 6.24. The van der Waals surface area contributed by atoms with Gasteiger partial charge in [-0.3, -0.25) is 0 Å². The third-order valence-electron chi connectivity index (χ3n) is 1.67. The fourth-order valence-electron chi connectivity index (χ4n) is 1.05. The van der Waals surface area contributed by atoms with E-state index in [2.05, 4.69) is 20.6 Å². The molecule has 0 fully saturated rings. The van der Waals surface area contributed by atoms with Gasteiger partial charge in [0.1, 0.15) is 5.82 Å². The Kier molecular flexibility index (Phi) is 1.99. The maximum Gasteiger partial charge on any atom is 0.152 e. The van der Waals surface area contributed by atoms with Gasteiger partial charge in [-0.05, 0) is 28.1 Å². The van der Waals surface area contributed by atoms with E-state index in [1.807, 2.05) is 0 Å². The molecule has 4 nitrogen and oxygen atoms in total. The lowest BCUT2D eigenvalue weighted by molar-refractivity contribution is 0.627. The first-order valence-electron chi connectivity index (χ1n) is 3.81. The van der Waals surface area contributed by atoms with Crippen LogP contribution in [0.1, 0.15) is 11.4 Å². The number of nitrogens with one attached hydrogen (secondary N) is 1. The van der Waals surface area contributed by atoms with Crippen LogP contribution in [0, 0.1) is 5.82 Å². The first-order chi connectivity index (χ1) is 6.34. The van der Waals surface area contributed by atoms with E-state index in [4.69, 9.17) is 0 Å². The van der Waals surface area contributed by atoms with Gasteiger partial charge in [0.2, 0.25) is 0 Å². The lowest BCUT2D eigenvalue weighted by Gasteiger charge is -1.95. The molecular formula is C8H7FN4. The summed E-state index contributed by atoms with van der Waals surface area (Å²) in [7, 11) is 0. The van der Waals surface area contributed by atoms with Crippen molar-refractivity contribution in [2.45, 2.75) is 6.42 Å². The van der Waals surface area contributed by atoms with Gasteiger partial charge < -0.3 is 0 Å². The number of hydrogen-bond donors (Lipinski definition) is 1. The number of benzene rings is 1. The summed E-state index contributed by atoms with van der Waals surface area (Å²) in [5.41, 5.74) is 0.972. The molecule has 0 atom stereocenters. The van der Waals surface area contributed by atoms with E-state index in [1.165, 1.54) is 12.1 Å². The van der Waals surface area contributed by atoms with Crippen molar-refractivity contribution in [2.75, 3.05) is 0 Å². The number of H-pyrrole nitrogens is 1. The highest BCUT2D eigenvalue weighted by Gasteiger charge is 1.99. The van der Waals surface area contributed by atoms with Crippen LogP contribution < -0.4 is 0 Å². The normalized spacial score (nSPS) is 10.2. The zero-order valence-electron chi connectivity index (χ0n) is 6.74. The number of tetrazole rings is 1. The summed E-state index contributed by atoms with van der Waals surface area (Å²) in [6.45, 7) is 0. The predicted octanol–water partition coefficient (Wildman–Crippen LogP) is 0.930. The summed E-state index contributed by atoms with van der Waals surface area (Å²) in [6.07, 6.45) is 0.591. The highest BCUT2D eigenvalue weighted by atomic mass is 19.1. The molecule has 0 amide bonds. The SMILES string of the molecule is Fc1ccc(Cc2nnn[nH]2)cc1. The van der Waals surface area contributed by atoms with Crippen molar-refractivity contribution in [3.63, 3.8) is 0 Å². The van der Waals surface area contributed by atoms with E-state index >= 15 is 0 Å². The van der Waals surface area contributed by atoms with Gasteiger partial charge in [-0.2, -0.15) is 0 Å². The van der Waals surface area contributed by atoms with Gasteiger partial charge in [0.15, 0.2) is 5.82 Å². The molecule has 13 heavy (non-hydrogen) atoms. The fourth-order valence-corrected chi connectivity index (χ4v) is 1.05. The van der Waals surface area contributed by atoms with Gasteiger partial charge in [-0.1, -0.05) is 12.1 Å². The Morgan fingerprint density at radius 3 is 2.62 bits per heavy atom. The molecule has 0 aliphatic carbocycles. The molecule has 0 unspecified atom stereocenters. The van der Waals surface area contributed by atoms with Gasteiger partial charge >= 0.3 is 0 Å². The van der Waals surface area contributed by atoms with Crippen LogP contribution in [-0.4, -0.2) is 20.6 Å². The standard InChI is InChI=1S/C8H7FN4/c9-7-3-1-6(2-4-7)5-8-10-12-13-11-8/h1-4H,5H2,(H,10,11,12,13). The number of halogens is 1. The zero-order valence-corrected chi connectivity index (χ0v) is 6.74. The molecule has 1 aromatic heterocycles. The van der Waals surface area contributed by atoms with Crippen molar-refractivity contribution in [1.82, 2.24) is 20.6 Å². The van der Waals surface area contributed by atoms with E-state index in [1.54, 1.807) is 12.1 Å². The van der Waals surface area contributed by atoms with Crippen molar-refractivity contribution >= 4 is 0 Å². The van der Waals surface area contributed by atoms with Crippen LogP contribution in [0.2, 0.25) is 0 Å². The monoisotopic (exact) mass is 178 g/mol. The molecule has 0 aliphatic heterocycles. The molecule has 0 radical (unpaired) electrons. The minimum Gasteiger partial charge on any atom is -0.243 e. The Hall–Kier alpha value is -1.78. The fraction of sp³-hybridized carbons (Fsp3) is 0.125. The number of rotatable bonds is 2. The first-order valence-corrected chi connectivity index (χ1v) is 3.81. The van der Waals surface area contributed by atoms with E-state index in [0.717, 1.165) is 5.56 Å². The zero-order chi connectivity index (χ0) is 9.10. The minimum atomic E-state index is -0.237. The van der Waals surface area contributed by atoms with E-state index in [-0.39, 0.29) is 5.82 Å². The largest absolute Gasteiger partial charge is 0.243 e. The topological polar surface area (TPSA) is 54.5 Å². The average molecular weight is 178 g/mol. The number of nitrogens with zero attached hydrogens (tertiary/aromatic N) is 3. The number of hydrogen-bond acceptors (Lipinski definition) is 3. The van der Waals surface area contributed by atoms with Crippen molar-refractivity contribution in [3.05, 3.63) is 41.5 Å². The second-order valence-corrected chi connectivity index (χ2v) is 2.65. The molecule has 66 valence electrons. The lowest BCUT2D eigenvalue weighted by atomic mass is 10.1. The van der Waals surface area contributed by atoms with E-state index in [0.29, 0.717) is 12.2 Å². The molecule has 1 aromatic carbocycles. The quantitative estimate of drug-likeness (QED) is 0.744. The van der Waals surface area contributed by atoms with Crippen LogP contribution >= 0.6 is 0 Å². The smallest absolute Gasteiger partial charge is 0.152 e. The Morgan fingerprint density at radius 2 is 2.00 bits per heavy atom. The predicted molar refractivity (Wildman–Crippen MR) is 43.4 cm³/mol. The van der Waals surface area contributed by atoms with Gasteiger partial charge in [0.25, 0.3) is 0 Å². The number of aromatic amines is 1. The molecule has 0 saturated heterocycles. The molecule has 0 bridgehead atoms. The molecule has 0 aliphatic rings. The molecule has 1 N–H and O–H groups in total. The summed E-state index contributed by atoms with van der Waals surface area (Å²) in [4.78, 5) is 0. The minimum absolute atomic E-state index is 0.237. The Labute approximate surface area is 73.8 Å². The summed E-state index contributed by atoms with van der Waals surface area (Å²) < 4.78 is 12.5. The van der Waals surface area contributed by atoms with Crippen LogP contribution in [0.25, 0.3) is 0 Å².